The monoisotopic (exact) mass is 259 g/mol. The van der Waals surface area contributed by atoms with E-state index in [9.17, 15) is 4.39 Å². The number of nitrogens with one attached hydrogen (secondary N) is 1. The number of benzene rings is 1. The zero-order valence-corrected chi connectivity index (χ0v) is 11.0. The lowest BCUT2D eigenvalue weighted by Gasteiger charge is -2.20. The van der Waals surface area contributed by atoms with Crippen LogP contribution in [0.2, 0.25) is 0 Å². The van der Waals surface area contributed by atoms with Gasteiger partial charge in [-0.15, -0.1) is 0 Å². The van der Waals surface area contributed by atoms with Crippen LogP contribution in [0.15, 0.2) is 24.3 Å². The summed E-state index contributed by atoms with van der Waals surface area (Å²) in [5.41, 5.74) is 8.10. The fraction of sp³-hybridized carbons (Fsp3) is 0.400. The maximum atomic E-state index is 13.9. The number of H-pyrrole nitrogens is 1. The molecule has 1 fully saturated rings. The first-order chi connectivity index (χ1) is 9.10. The first-order valence-corrected chi connectivity index (χ1v) is 6.71. The van der Waals surface area contributed by atoms with Crippen molar-refractivity contribution in [3.8, 4) is 11.3 Å². The standard InChI is InChI=1S/C15H18FN3/c1-10-13(11-6-2-3-7-12(11)16)19-14(18-10)15(17)8-4-5-9-15/h2-3,6-7H,4-5,8-9,17H2,1H3,(H,18,19). The Bertz CT molecular complexity index is 597. The Morgan fingerprint density at radius 3 is 2.63 bits per heavy atom. The second kappa shape index (κ2) is 4.46. The molecule has 0 atom stereocenters. The topological polar surface area (TPSA) is 54.7 Å². The fourth-order valence-corrected chi connectivity index (χ4v) is 2.85. The molecule has 3 N–H and O–H groups in total. The largest absolute Gasteiger partial charge is 0.344 e. The van der Waals surface area contributed by atoms with Crippen LogP contribution in [0.1, 0.15) is 37.2 Å². The molecule has 0 saturated heterocycles. The maximum Gasteiger partial charge on any atom is 0.132 e. The highest BCUT2D eigenvalue weighted by atomic mass is 19.1. The Morgan fingerprint density at radius 1 is 1.26 bits per heavy atom. The number of imidazole rings is 1. The molecule has 3 rings (SSSR count). The van der Waals surface area contributed by atoms with Crippen molar-refractivity contribution in [2.45, 2.75) is 38.1 Å². The summed E-state index contributed by atoms with van der Waals surface area (Å²) in [7, 11) is 0. The smallest absolute Gasteiger partial charge is 0.132 e. The summed E-state index contributed by atoms with van der Waals surface area (Å²) in [6.45, 7) is 1.91. The normalized spacial score (nSPS) is 17.8. The van der Waals surface area contributed by atoms with Crippen molar-refractivity contribution < 1.29 is 4.39 Å². The third kappa shape index (κ3) is 2.06. The molecule has 0 spiro atoms. The first kappa shape index (κ1) is 12.4. The quantitative estimate of drug-likeness (QED) is 0.869. The lowest BCUT2D eigenvalue weighted by Crippen LogP contribution is -2.34. The minimum Gasteiger partial charge on any atom is -0.344 e. The van der Waals surface area contributed by atoms with E-state index in [4.69, 9.17) is 5.73 Å². The van der Waals surface area contributed by atoms with Crippen LogP contribution in [-0.4, -0.2) is 9.97 Å². The third-order valence-electron chi connectivity index (χ3n) is 3.98. The van der Waals surface area contributed by atoms with E-state index in [1.807, 2.05) is 13.0 Å². The zero-order valence-electron chi connectivity index (χ0n) is 11.0. The van der Waals surface area contributed by atoms with E-state index in [1.54, 1.807) is 12.1 Å². The van der Waals surface area contributed by atoms with Gasteiger partial charge in [0.2, 0.25) is 0 Å². The Balaban J connectivity index is 2.05. The van der Waals surface area contributed by atoms with Gasteiger partial charge >= 0.3 is 0 Å². The second-order valence-electron chi connectivity index (χ2n) is 5.40. The van der Waals surface area contributed by atoms with Gasteiger partial charge in [-0.1, -0.05) is 25.0 Å². The maximum absolute atomic E-state index is 13.9. The molecule has 0 radical (unpaired) electrons. The van der Waals surface area contributed by atoms with Crippen molar-refractivity contribution in [1.29, 1.82) is 0 Å². The minimum absolute atomic E-state index is 0.249. The van der Waals surface area contributed by atoms with E-state index in [-0.39, 0.29) is 11.4 Å². The van der Waals surface area contributed by atoms with Crippen LogP contribution in [0.5, 0.6) is 0 Å². The summed E-state index contributed by atoms with van der Waals surface area (Å²) in [5.74, 6) is 0.543. The van der Waals surface area contributed by atoms with Crippen molar-refractivity contribution >= 4 is 0 Å². The van der Waals surface area contributed by atoms with Crippen LogP contribution >= 0.6 is 0 Å². The molecular formula is C15H18FN3. The predicted octanol–water partition coefficient (Wildman–Crippen LogP) is 3.25. The Hall–Kier alpha value is -1.68. The van der Waals surface area contributed by atoms with E-state index >= 15 is 0 Å². The molecule has 0 unspecified atom stereocenters. The number of hydrogen-bond donors (Lipinski definition) is 2. The van der Waals surface area contributed by atoms with Crippen LogP contribution in [-0.2, 0) is 5.54 Å². The van der Waals surface area contributed by atoms with Crippen molar-refractivity contribution in [1.82, 2.24) is 9.97 Å². The molecule has 0 aliphatic heterocycles. The number of halogens is 1. The van der Waals surface area contributed by atoms with Gasteiger partial charge in [0.1, 0.15) is 11.6 Å². The molecule has 1 heterocycles. The number of aromatic amines is 1. The number of nitrogens with zero attached hydrogens (tertiary/aromatic N) is 1. The number of hydrogen-bond acceptors (Lipinski definition) is 2. The summed E-state index contributed by atoms with van der Waals surface area (Å²) in [6.07, 6.45) is 4.14. The molecule has 2 aromatic rings. The number of rotatable bonds is 2. The zero-order chi connectivity index (χ0) is 13.5. The van der Waals surface area contributed by atoms with Gasteiger partial charge in [0.05, 0.1) is 11.2 Å². The molecule has 0 amide bonds. The molecular weight excluding hydrogens is 241 g/mol. The molecule has 1 aromatic carbocycles. The van der Waals surface area contributed by atoms with Crippen molar-refractivity contribution in [3.05, 3.63) is 41.6 Å². The average Bonchev–Trinajstić information content (AvgIpc) is 2.98. The van der Waals surface area contributed by atoms with Gasteiger partial charge in [0, 0.05) is 11.3 Å². The van der Waals surface area contributed by atoms with Crippen molar-refractivity contribution in [2.24, 2.45) is 5.73 Å². The van der Waals surface area contributed by atoms with E-state index in [1.165, 1.54) is 6.07 Å². The molecule has 19 heavy (non-hydrogen) atoms. The van der Waals surface area contributed by atoms with E-state index < -0.39 is 0 Å². The predicted molar refractivity (Wildman–Crippen MR) is 73.1 cm³/mol. The highest BCUT2D eigenvalue weighted by molar-refractivity contribution is 5.62. The Labute approximate surface area is 112 Å². The summed E-state index contributed by atoms with van der Waals surface area (Å²) >= 11 is 0. The Morgan fingerprint density at radius 2 is 1.95 bits per heavy atom. The molecule has 100 valence electrons. The fourth-order valence-electron chi connectivity index (χ4n) is 2.85. The number of aromatic nitrogens is 2. The van der Waals surface area contributed by atoms with E-state index in [0.29, 0.717) is 11.3 Å². The van der Waals surface area contributed by atoms with E-state index in [0.717, 1.165) is 37.2 Å². The molecule has 4 heteroatoms. The summed E-state index contributed by atoms with van der Waals surface area (Å²) in [6, 6.07) is 6.71. The molecule has 1 saturated carbocycles. The van der Waals surface area contributed by atoms with Gasteiger partial charge in [-0.25, -0.2) is 9.37 Å². The van der Waals surface area contributed by atoms with Crippen molar-refractivity contribution in [2.75, 3.05) is 0 Å². The average molecular weight is 259 g/mol. The van der Waals surface area contributed by atoms with Crippen LogP contribution in [0.3, 0.4) is 0 Å². The van der Waals surface area contributed by atoms with Gasteiger partial charge in [0.15, 0.2) is 0 Å². The van der Waals surface area contributed by atoms with Gasteiger partial charge in [0.25, 0.3) is 0 Å². The van der Waals surface area contributed by atoms with Crippen molar-refractivity contribution in [3.63, 3.8) is 0 Å². The highest BCUT2D eigenvalue weighted by Gasteiger charge is 2.34. The summed E-state index contributed by atoms with van der Waals surface area (Å²) in [5, 5.41) is 0. The van der Waals surface area contributed by atoms with Crippen LogP contribution in [0.4, 0.5) is 4.39 Å². The lowest BCUT2D eigenvalue weighted by molar-refractivity contribution is 0.435. The van der Waals surface area contributed by atoms with E-state index in [2.05, 4.69) is 9.97 Å². The SMILES string of the molecule is Cc1[nH]c(C2(N)CCCC2)nc1-c1ccccc1F. The Kier molecular flexibility index (Phi) is 2.90. The van der Waals surface area contributed by atoms with Gasteiger partial charge in [-0.2, -0.15) is 0 Å². The van der Waals surface area contributed by atoms with Gasteiger partial charge in [-0.3, -0.25) is 0 Å². The minimum atomic E-state index is -0.367. The number of aryl methyl sites for hydroxylation is 1. The molecule has 1 aliphatic rings. The third-order valence-corrected chi connectivity index (χ3v) is 3.98. The lowest BCUT2D eigenvalue weighted by atomic mass is 9.99. The molecule has 0 bridgehead atoms. The second-order valence-corrected chi connectivity index (χ2v) is 5.40. The van der Waals surface area contributed by atoms with Crippen LogP contribution < -0.4 is 5.73 Å². The van der Waals surface area contributed by atoms with Gasteiger partial charge in [-0.05, 0) is 31.9 Å². The molecule has 1 aliphatic carbocycles. The molecule has 3 nitrogen and oxygen atoms in total. The summed E-state index contributed by atoms with van der Waals surface area (Å²) in [4.78, 5) is 7.82. The number of nitrogens with two attached hydrogens (primary N) is 1. The van der Waals surface area contributed by atoms with Gasteiger partial charge < -0.3 is 10.7 Å². The highest BCUT2D eigenvalue weighted by Crippen LogP contribution is 2.36. The van der Waals surface area contributed by atoms with Crippen LogP contribution in [0, 0.1) is 12.7 Å². The first-order valence-electron chi connectivity index (χ1n) is 6.71. The summed E-state index contributed by atoms with van der Waals surface area (Å²) < 4.78 is 13.9. The molecule has 1 aromatic heterocycles. The van der Waals surface area contributed by atoms with Crippen LogP contribution in [0.25, 0.3) is 11.3 Å².